The molecule has 0 spiro atoms. The molecule has 0 aliphatic carbocycles. The molecule has 2 aliphatic heterocycles. The van der Waals surface area contributed by atoms with Gasteiger partial charge in [0, 0.05) is 38.4 Å². The number of hydrogen-bond donors (Lipinski definition) is 1. The van der Waals surface area contributed by atoms with E-state index in [4.69, 9.17) is 4.74 Å². The highest BCUT2D eigenvalue weighted by atomic mass is 32.2. The van der Waals surface area contributed by atoms with Crippen LogP contribution >= 0.6 is 0 Å². The third kappa shape index (κ3) is 5.26. The fourth-order valence-electron chi connectivity index (χ4n) is 4.25. The predicted octanol–water partition coefficient (Wildman–Crippen LogP) is 3.78. The molecule has 2 fully saturated rings. The number of nitrogens with zero attached hydrogens (tertiary/aromatic N) is 2. The summed E-state index contributed by atoms with van der Waals surface area (Å²) in [4.78, 5) is 11.2. The lowest BCUT2D eigenvalue weighted by molar-refractivity contribution is -0.384. The minimum absolute atomic E-state index is 0.00392. The maximum atomic E-state index is 13.0. The third-order valence-electron chi connectivity index (χ3n) is 5.98. The van der Waals surface area contributed by atoms with Crippen molar-refractivity contribution in [3.8, 4) is 0 Å². The van der Waals surface area contributed by atoms with E-state index in [0.717, 1.165) is 44.9 Å². The first-order chi connectivity index (χ1) is 13.9. The van der Waals surface area contributed by atoms with Crippen LogP contribution in [0, 0.1) is 16.0 Å². The number of nitro groups is 1. The first kappa shape index (κ1) is 22.0. The molecule has 1 N–H and O–H groups in total. The Morgan fingerprint density at radius 1 is 1.21 bits per heavy atom. The molecule has 0 radical (unpaired) electrons. The van der Waals surface area contributed by atoms with Gasteiger partial charge in [0.2, 0.25) is 10.0 Å². The van der Waals surface area contributed by atoms with Crippen molar-refractivity contribution in [2.24, 2.45) is 5.92 Å². The van der Waals surface area contributed by atoms with Crippen LogP contribution in [0.5, 0.6) is 0 Å². The smallest absolute Gasteiger partial charge is 0.293 e. The molecular weight excluding hydrogens is 394 g/mol. The van der Waals surface area contributed by atoms with Crippen LogP contribution in [0.25, 0.3) is 0 Å². The molecule has 2 aliphatic rings. The first-order valence-electron chi connectivity index (χ1n) is 10.6. The standard InChI is InChI=1S/C20H31N3O5S/c1-2-18(16-9-13-28-14-10-16)21-19-8-7-17(15-20(19)23(24)25)29(26,27)22-11-5-3-4-6-12-22/h7-8,15-16,18,21H,2-6,9-14H2,1H3. The topological polar surface area (TPSA) is 102 Å². The highest BCUT2D eigenvalue weighted by Crippen LogP contribution is 2.32. The summed E-state index contributed by atoms with van der Waals surface area (Å²) < 4.78 is 32.9. The van der Waals surface area contributed by atoms with Gasteiger partial charge in [0.25, 0.3) is 5.69 Å². The Kier molecular flexibility index (Phi) is 7.48. The Hall–Kier alpha value is -1.71. The zero-order valence-corrected chi connectivity index (χ0v) is 17.8. The maximum Gasteiger partial charge on any atom is 0.293 e. The van der Waals surface area contributed by atoms with E-state index in [1.807, 2.05) is 0 Å². The monoisotopic (exact) mass is 425 g/mol. The summed E-state index contributed by atoms with van der Waals surface area (Å²) >= 11 is 0. The van der Waals surface area contributed by atoms with Gasteiger partial charge in [0.1, 0.15) is 5.69 Å². The normalized spacial score (nSPS) is 20.7. The summed E-state index contributed by atoms with van der Waals surface area (Å²) in [7, 11) is -3.73. The fraction of sp³-hybridized carbons (Fsp3) is 0.700. The van der Waals surface area contributed by atoms with Gasteiger partial charge >= 0.3 is 0 Å². The lowest BCUT2D eigenvalue weighted by Gasteiger charge is -2.31. The SMILES string of the molecule is CCC(Nc1ccc(S(=O)(=O)N2CCCCCC2)cc1[N+](=O)[O-])C1CCOCC1. The summed E-state index contributed by atoms with van der Waals surface area (Å²) in [5, 5.41) is 15.0. The van der Waals surface area contributed by atoms with E-state index in [1.54, 1.807) is 6.07 Å². The van der Waals surface area contributed by atoms with E-state index in [-0.39, 0.29) is 16.6 Å². The first-order valence-corrected chi connectivity index (χ1v) is 12.0. The van der Waals surface area contributed by atoms with Gasteiger partial charge < -0.3 is 10.1 Å². The van der Waals surface area contributed by atoms with Crippen LogP contribution in [0.15, 0.2) is 23.1 Å². The van der Waals surface area contributed by atoms with Crippen molar-refractivity contribution in [3.05, 3.63) is 28.3 Å². The molecule has 8 nitrogen and oxygen atoms in total. The maximum absolute atomic E-state index is 13.0. The Bertz CT molecular complexity index is 800. The lowest BCUT2D eigenvalue weighted by Crippen LogP contribution is -2.33. The van der Waals surface area contributed by atoms with Gasteiger partial charge in [0.05, 0.1) is 9.82 Å². The second-order valence-electron chi connectivity index (χ2n) is 7.86. The van der Waals surface area contributed by atoms with E-state index in [1.165, 1.54) is 16.4 Å². The Morgan fingerprint density at radius 3 is 2.45 bits per heavy atom. The molecule has 1 aromatic carbocycles. The van der Waals surface area contributed by atoms with Crippen LogP contribution in [-0.2, 0) is 14.8 Å². The minimum Gasteiger partial charge on any atom is -0.381 e. The Balaban J connectivity index is 1.85. The van der Waals surface area contributed by atoms with E-state index >= 15 is 0 Å². The minimum atomic E-state index is -3.73. The largest absolute Gasteiger partial charge is 0.381 e. The molecule has 2 heterocycles. The molecule has 9 heteroatoms. The van der Waals surface area contributed by atoms with Crippen LogP contribution in [-0.4, -0.2) is 50.0 Å². The summed E-state index contributed by atoms with van der Waals surface area (Å²) in [6.07, 6.45) is 6.34. The molecule has 1 unspecified atom stereocenters. The average Bonchev–Trinajstić information content (AvgIpc) is 3.02. The number of nitrogens with one attached hydrogen (secondary N) is 1. The van der Waals surface area contributed by atoms with Gasteiger partial charge in [-0.1, -0.05) is 19.8 Å². The zero-order valence-electron chi connectivity index (χ0n) is 17.0. The number of ether oxygens (including phenoxy) is 1. The third-order valence-corrected chi connectivity index (χ3v) is 7.88. The van der Waals surface area contributed by atoms with Crippen molar-refractivity contribution in [1.29, 1.82) is 0 Å². The molecule has 1 aromatic rings. The molecule has 162 valence electrons. The van der Waals surface area contributed by atoms with Crippen molar-refractivity contribution in [1.82, 2.24) is 4.31 Å². The summed E-state index contributed by atoms with van der Waals surface area (Å²) in [6.45, 7) is 4.41. The van der Waals surface area contributed by atoms with Gasteiger partial charge in [-0.25, -0.2) is 8.42 Å². The molecule has 0 amide bonds. The molecule has 3 rings (SSSR count). The van der Waals surface area contributed by atoms with Gasteiger partial charge in [-0.3, -0.25) is 10.1 Å². The van der Waals surface area contributed by atoms with Gasteiger partial charge in [0.15, 0.2) is 0 Å². The lowest BCUT2D eigenvalue weighted by atomic mass is 9.90. The average molecular weight is 426 g/mol. The Labute approximate surface area is 172 Å². The molecule has 29 heavy (non-hydrogen) atoms. The van der Waals surface area contributed by atoms with Crippen molar-refractivity contribution in [2.75, 3.05) is 31.6 Å². The van der Waals surface area contributed by atoms with E-state index < -0.39 is 14.9 Å². The number of nitro benzene ring substituents is 1. The summed E-state index contributed by atoms with van der Waals surface area (Å²) in [5.41, 5.74) is 0.189. The van der Waals surface area contributed by atoms with Gasteiger partial charge in [-0.05, 0) is 50.2 Å². The summed E-state index contributed by atoms with van der Waals surface area (Å²) in [6, 6.07) is 4.33. The second kappa shape index (κ2) is 9.86. The molecule has 0 saturated carbocycles. The van der Waals surface area contributed by atoms with E-state index in [9.17, 15) is 18.5 Å². The number of anilines is 1. The van der Waals surface area contributed by atoms with Crippen LogP contribution in [0.4, 0.5) is 11.4 Å². The van der Waals surface area contributed by atoms with E-state index in [2.05, 4.69) is 12.2 Å². The number of benzene rings is 1. The van der Waals surface area contributed by atoms with Gasteiger partial charge in [-0.2, -0.15) is 4.31 Å². The predicted molar refractivity (Wildman–Crippen MR) is 112 cm³/mol. The second-order valence-corrected chi connectivity index (χ2v) is 9.80. The van der Waals surface area contributed by atoms with Crippen LogP contribution < -0.4 is 5.32 Å². The molecule has 0 aromatic heterocycles. The van der Waals surface area contributed by atoms with Crippen molar-refractivity contribution in [2.45, 2.75) is 62.8 Å². The number of sulfonamides is 1. The highest BCUT2D eigenvalue weighted by Gasteiger charge is 2.29. The van der Waals surface area contributed by atoms with Gasteiger partial charge in [-0.15, -0.1) is 0 Å². The molecule has 2 saturated heterocycles. The Morgan fingerprint density at radius 2 is 1.86 bits per heavy atom. The number of hydrogen-bond acceptors (Lipinski definition) is 6. The van der Waals surface area contributed by atoms with Crippen molar-refractivity contribution in [3.63, 3.8) is 0 Å². The fourth-order valence-corrected chi connectivity index (χ4v) is 5.78. The van der Waals surface area contributed by atoms with Crippen molar-refractivity contribution >= 4 is 21.4 Å². The van der Waals surface area contributed by atoms with E-state index in [0.29, 0.717) is 37.9 Å². The molecular formula is C20H31N3O5S. The molecule has 1 atom stereocenters. The zero-order chi connectivity index (χ0) is 20.9. The van der Waals surface area contributed by atoms with Crippen molar-refractivity contribution < 1.29 is 18.1 Å². The molecule has 0 bridgehead atoms. The van der Waals surface area contributed by atoms with Crippen LogP contribution in [0.1, 0.15) is 51.9 Å². The number of rotatable bonds is 7. The van der Waals surface area contributed by atoms with Crippen LogP contribution in [0.3, 0.4) is 0 Å². The highest BCUT2D eigenvalue weighted by molar-refractivity contribution is 7.89. The van der Waals surface area contributed by atoms with Crippen LogP contribution in [0.2, 0.25) is 0 Å². The quantitative estimate of drug-likeness (QED) is 0.527. The summed E-state index contributed by atoms with van der Waals surface area (Å²) in [5.74, 6) is 0.383.